The minimum atomic E-state index is 0.136. The Bertz CT molecular complexity index is 675. The van der Waals surface area contributed by atoms with Crippen LogP contribution in [0.1, 0.15) is 35.8 Å². The van der Waals surface area contributed by atoms with Crippen molar-refractivity contribution < 1.29 is 9.15 Å². The second-order valence-electron chi connectivity index (χ2n) is 6.74. The van der Waals surface area contributed by atoms with Gasteiger partial charge >= 0.3 is 0 Å². The predicted octanol–water partition coefficient (Wildman–Crippen LogP) is 2.58. The Morgan fingerprint density at radius 2 is 2.33 bits per heavy atom. The number of ether oxygens (including phenoxy) is 1. The van der Waals surface area contributed by atoms with E-state index in [4.69, 9.17) is 9.15 Å². The lowest BCUT2D eigenvalue weighted by molar-refractivity contribution is 0.0597. The summed E-state index contributed by atoms with van der Waals surface area (Å²) in [6.45, 7) is 7.74. The van der Waals surface area contributed by atoms with Crippen molar-refractivity contribution in [1.29, 1.82) is 0 Å². The third-order valence-corrected chi connectivity index (χ3v) is 4.87. The molecule has 2 aliphatic rings. The summed E-state index contributed by atoms with van der Waals surface area (Å²) in [6.07, 6.45) is 8.96. The van der Waals surface area contributed by atoms with Crippen molar-refractivity contribution in [2.24, 2.45) is 5.92 Å². The zero-order chi connectivity index (χ0) is 16.4. The van der Waals surface area contributed by atoms with E-state index < -0.39 is 0 Å². The van der Waals surface area contributed by atoms with Crippen molar-refractivity contribution in [3.8, 4) is 0 Å². The van der Waals surface area contributed by atoms with E-state index in [1.807, 2.05) is 6.07 Å². The Labute approximate surface area is 142 Å². The van der Waals surface area contributed by atoms with Gasteiger partial charge in [0.2, 0.25) is 0 Å². The zero-order valence-corrected chi connectivity index (χ0v) is 13.9. The van der Waals surface area contributed by atoms with Crippen LogP contribution >= 0.6 is 0 Å². The first kappa shape index (κ1) is 15.6. The van der Waals surface area contributed by atoms with Crippen LogP contribution in [0, 0.1) is 5.92 Å². The fraction of sp³-hybridized carbons (Fsp3) is 0.556. The van der Waals surface area contributed by atoms with Gasteiger partial charge in [-0.05, 0) is 24.8 Å². The molecule has 6 heteroatoms. The summed E-state index contributed by atoms with van der Waals surface area (Å²) >= 11 is 0. The predicted molar refractivity (Wildman–Crippen MR) is 89.3 cm³/mol. The normalized spacial score (nSPS) is 20.9. The van der Waals surface area contributed by atoms with E-state index >= 15 is 0 Å². The average molecular weight is 328 g/mol. The Kier molecular flexibility index (Phi) is 4.49. The lowest BCUT2D eigenvalue weighted by Gasteiger charge is -2.34. The SMILES string of the molecule is C=CCOC[C@H]1c2nnn(CC3CC3)c2CCN1Cc1ccoc1. The lowest BCUT2D eigenvalue weighted by atomic mass is 10.0. The van der Waals surface area contributed by atoms with Crippen LogP contribution in [-0.4, -0.2) is 39.7 Å². The summed E-state index contributed by atoms with van der Waals surface area (Å²) < 4.78 is 13.1. The topological polar surface area (TPSA) is 56.3 Å². The first-order valence-electron chi connectivity index (χ1n) is 8.71. The largest absolute Gasteiger partial charge is 0.472 e. The first-order chi connectivity index (χ1) is 11.8. The van der Waals surface area contributed by atoms with Crippen molar-refractivity contribution in [3.05, 3.63) is 48.2 Å². The van der Waals surface area contributed by atoms with Crippen LogP contribution in [0.25, 0.3) is 0 Å². The Morgan fingerprint density at radius 1 is 1.42 bits per heavy atom. The van der Waals surface area contributed by atoms with Gasteiger partial charge in [-0.3, -0.25) is 4.90 Å². The molecule has 0 spiro atoms. The van der Waals surface area contributed by atoms with E-state index in [1.165, 1.54) is 24.1 Å². The van der Waals surface area contributed by atoms with Gasteiger partial charge in [0.05, 0.1) is 37.5 Å². The van der Waals surface area contributed by atoms with E-state index in [0.29, 0.717) is 13.2 Å². The second-order valence-corrected chi connectivity index (χ2v) is 6.74. The van der Waals surface area contributed by atoms with Gasteiger partial charge < -0.3 is 9.15 Å². The van der Waals surface area contributed by atoms with Crippen LogP contribution in [-0.2, 0) is 24.2 Å². The highest BCUT2D eigenvalue weighted by molar-refractivity contribution is 5.20. The van der Waals surface area contributed by atoms with E-state index in [2.05, 4.69) is 26.5 Å². The van der Waals surface area contributed by atoms with E-state index in [9.17, 15) is 0 Å². The summed E-state index contributed by atoms with van der Waals surface area (Å²) in [4.78, 5) is 2.41. The molecule has 1 aliphatic heterocycles. The number of hydrogen-bond donors (Lipinski definition) is 0. The van der Waals surface area contributed by atoms with Gasteiger partial charge in [0.1, 0.15) is 5.69 Å². The molecule has 1 fully saturated rings. The summed E-state index contributed by atoms with van der Waals surface area (Å²) in [6, 6.07) is 2.15. The molecule has 0 aromatic carbocycles. The molecule has 1 aliphatic carbocycles. The molecule has 2 aromatic heterocycles. The standard InChI is InChI=1S/C18H24N4O2/c1-2-8-23-13-17-18-16(22(20-19-18)11-14-3-4-14)5-7-21(17)10-15-6-9-24-12-15/h2,6,9,12,14,17H,1,3-5,7-8,10-11,13H2/t17-/m0/s1. The minimum Gasteiger partial charge on any atom is -0.472 e. The summed E-state index contributed by atoms with van der Waals surface area (Å²) in [7, 11) is 0. The summed E-state index contributed by atoms with van der Waals surface area (Å²) in [5, 5.41) is 8.95. The van der Waals surface area contributed by atoms with Gasteiger partial charge in [-0.15, -0.1) is 11.7 Å². The third-order valence-electron chi connectivity index (χ3n) is 4.87. The highest BCUT2D eigenvalue weighted by atomic mass is 16.5. The molecule has 1 atom stereocenters. The van der Waals surface area contributed by atoms with E-state index in [-0.39, 0.29) is 6.04 Å². The molecule has 0 radical (unpaired) electrons. The van der Waals surface area contributed by atoms with Crippen LogP contribution < -0.4 is 0 Å². The Hall–Kier alpha value is -1.92. The first-order valence-corrected chi connectivity index (χ1v) is 8.71. The Morgan fingerprint density at radius 3 is 3.08 bits per heavy atom. The van der Waals surface area contributed by atoms with Crippen molar-refractivity contribution in [3.63, 3.8) is 0 Å². The Balaban J connectivity index is 1.54. The monoisotopic (exact) mass is 328 g/mol. The maximum absolute atomic E-state index is 5.77. The highest BCUT2D eigenvalue weighted by Gasteiger charge is 2.33. The molecule has 0 amide bonds. The van der Waals surface area contributed by atoms with Gasteiger partial charge in [0.25, 0.3) is 0 Å². The van der Waals surface area contributed by atoms with Crippen molar-refractivity contribution in [2.75, 3.05) is 19.8 Å². The maximum Gasteiger partial charge on any atom is 0.105 e. The number of rotatable bonds is 8. The number of hydrogen-bond acceptors (Lipinski definition) is 5. The van der Waals surface area contributed by atoms with Gasteiger partial charge in [-0.1, -0.05) is 11.3 Å². The number of fused-ring (bicyclic) bond motifs is 1. The number of aromatic nitrogens is 3. The molecule has 0 unspecified atom stereocenters. The van der Waals surface area contributed by atoms with Crippen LogP contribution in [0.2, 0.25) is 0 Å². The minimum absolute atomic E-state index is 0.136. The number of nitrogens with zero attached hydrogens (tertiary/aromatic N) is 4. The lowest BCUT2D eigenvalue weighted by Crippen LogP contribution is -2.38. The van der Waals surface area contributed by atoms with Crippen molar-refractivity contribution in [1.82, 2.24) is 19.9 Å². The second kappa shape index (κ2) is 6.91. The average Bonchev–Trinajstić information content (AvgIpc) is 3.08. The summed E-state index contributed by atoms with van der Waals surface area (Å²) in [5.74, 6) is 0.801. The number of furan rings is 1. The van der Waals surface area contributed by atoms with Crippen LogP contribution in [0.3, 0.4) is 0 Å². The molecular formula is C18H24N4O2. The molecule has 0 N–H and O–H groups in total. The molecule has 0 saturated heterocycles. The fourth-order valence-corrected chi connectivity index (χ4v) is 3.39. The van der Waals surface area contributed by atoms with Crippen molar-refractivity contribution in [2.45, 2.75) is 38.4 Å². The molecule has 24 heavy (non-hydrogen) atoms. The third kappa shape index (κ3) is 3.30. The summed E-state index contributed by atoms with van der Waals surface area (Å²) in [5.41, 5.74) is 3.55. The van der Waals surface area contributed by atoms with Crippen LogP contribution in [0.15, 0.2) is 35.7 Å². The van der Waals surface area contributed by atoms with Gasteiger partial charge in [0, 0.05) is 31.6 Å². The van der Waals surface area contributed by atoms with E-state index in [1.54, 1.807) is 18.6 Å². The molecular weight excluding hydrogens is 304 g/mol. The molecule has 2 aromatic rings. The molecule has 1 saturated carbocycles. The highest BCUT2D eigenvalue weighted by Crippen LogP contribution is 2.34. The van der Waals surface area contributed by atoms with E-state index in [0.717, 1.165) is 37.7 Å². The van der Waals surface area contributed by atoms with Crippen LogP contribution in [0.4, 0.5) is 0 Å². The quantitative estimate of drug-likeness (QED) is 0.551. The molecule has 128 valence electrons. The zero-order valence-electron chi connectivity index (χ0n) is 13.9. The molecule has 4 rings (SSSR count). The molecule has 3 heterocycles. The van der Waals surface area contributed by atoms with Crippen molar-refractivity contribution >= 4 is 0 Å². The molecule has 0 bridgehead atoms. The van der Waals surface area contributed by atoms with Gasteiger partial charge in [-0.2, -0.15) is 0 Å². The molecule has 6 nitrogen and oxygen atoms in total. The fourth-order valence-electron chi connectivity index (χ4n) is 3.39. The van der Waals surface area contributed by atoms with Crippen LogP contribution in [0.5, 0.6) is 0 Å². The maximum atomic E-state index is 5.77. The van der Waals surface area contributed by atoms with Gasteiger partial charge in [-0.25, -0.2) is 4.68 Å². The van der Waals surface area contributed by atoms with Gasteiger partial charge in [0.15, 0.2) is 0 Å². The smallest absolute Gasteiger partial charge is 0.105 e.